The number of ether oxygens (including phenoxy) is 1. The lowest BCUT2D eigenvalue weighted by Crippen LogP contribution is -2.28. The first kappa shape index (κ1) is 19.7. The highest BCUT2D eigenvalue weighted by molar-refractivity contribution is 5.94. The zero-order chi connectivity index (χ0) is 19.9. The van der Waals surface area contributed by atoms with Crippen LogP contribution in [0.25, 0.3) is 5.69 Å². The van der Waals surface area contributed by atoms with E-state index in [1.807, 2.05) is 66.2 Å². The van der Waals surface area contributed by atoms with Crippen molar-refractivity contribution in [3.05, 3.63) is 77.1 Å². The quantitative estimate of drug-likeness (QED) is 0.597. The molecule has 0 radical (unpaired) electrons. The number of hydrogen-bond acceptors (Lipinski definition) is 3. The molecule has 0 aliphatic carbocycles. The Morgan fingerprint density at radius 2 is 1.79 bits per heavy atom. The van der Waals surface area contributed by atoms with Crippen LogP contribution in [0.4, 0.5) is 0 Å². The summed E-state index contributed by atoms with van der Waals surface area (Å²) < 4.78 is 7.54. The number of benzene rings is 2. The second-order valence-electron chi connectivity index (χ2n) is 6.78. The van der Waals surface area contributed by atoms with Crippen LogP contribution in [0.2, 0.25) is 0 Å². The molecule has 28 heavy (non-hydrogen) atoms. The van der Waals surface area contributed by atoms with Gasteiger partial charge in [-0.25, -0.2) is 4.68 Å². The molecule has 0 spiro atoms. The van der Waals surface area contributed by atoms with Crippen LogP contribution in [-0.4, -0.2) is 28.8 Å². The van der Waals surface area contributed by atoms with Crippen molar-refractivity contribution in [3.63, 3.8) is 0 Å². The number of carbonyl (C=O) groups is 1. The molecule has 1 amide bonds. The minimum Gasteiger partial charge on any atom is -0.492 e. The van der Waals surface area contributed by atoms with Crippen LogP contribution in [0.1, 0.15) is 40.7 Å². The fraction of sp³-hybridized carbons (Fsp3) is 0.304. The molecule has 3 aromatic rings. The molecule has 0 fully saturated rings. The summed E-state index contributed by atoms with van der Waals surface area (Å²) in [4.78, 5) is 12.3. The van der Waals surface area contributed by atoms with Crippen LogP contribution in [-0.2, 0) is 6.42 Å². The molecule has 0 aliphatic heterocycles. The summed E-state index contributed by atoms with van der Waals surface area (Å²) in [6.45, 7) is 7.20. The zero-order valence-electron chi connectivity index (χ0n) is 16.7. The van der Waals surface area contributed by atoms with Crippen LogP contribution in [0.15, 0.2) is 54.6 Å². The number of nitrogens with one attached hydrogen (secondary N) is 1. The van der Waals surface area contributed by atoms with E-state index in [0.717, 1.165) is 35.7 Å². The van der Waals surface area contributed by atoms with Crippen LogP contribution < -0.4 is 10.1 Å². The smallest absolute Gasteiger partial charge is 0.251 e. The molecule has 1 N–H and O–H groups in total. The van der Waals surface area contributed by atoms with Gasteiger partial charge in [-0.05, 0) is 62.2 Å². The van der Waals surface area contributed by atoms with Gasteiger partial charge in [-0.15, -0.1) is 0 Å². The molecule has 0 bridgehead atoms. The Hall–Kier alpha value is -3.08. The average Bonchev–Trinajstić information content (AvgIpc) is 3.00. The molecule has 0 unspecified atom stereocenters. The molecule has 3 rings (SSSR count). The number of aryl methyl sites for hydroxylation is 1. The lowest BCUT2D eigenvalue weighted by atomic mass is 10.1. The third-order valence-electron chi connectivity index (χ3n) is 4.71. The Morgan fingerprint density at radius 3 is 2.46 bits per heavy atom. The lowest BCUT2D eigenvalue weighted by Gasteiger charge is -2.09. The number of para-hydroxylation sites is 1. The molecule has 0 saturated carbocycles. The maximum Gasteiger partial charge on any atom is 0.251 e. The van der Waals surface area contributed by atoms with Crippen molar-refractivity contribution in [1.29, 1.82) is 0 Å². The first-order chi connectivity index (χ1) is 13.6. The van der Waals surface area contributed by atoms with Gasteiger partial charge in [0.25, 0.3) is 5.91 Å². The molecule has 0 saturated heterocycles. The molecule has 2 aromatic carbocycles. The van der Waals surface area contributed by atoms with Gasteiger partial charge < -0.3 is 10.1 Å². The van der Waals surface area contributed by atoms with E-state index in [2.05, 4.69) is 24.3 Å². The number of hydrogen-bond donors (Lipinski definition) is 1. The zero-order valence-corrected chi connectivity index (χ0v) is 16.7. The van der Waals surface area contributed by atoms with E-state index in [9.17, 15) is 4.79 Å². The van der Waals surface area contributed by atoms with Gasteiger partial charge >= 0.3 is 0 Å². The lowest BCUT2D eigenvalue weighted by molar-refractivity contribution is 0.0947. The van der Waals surface area contributed by atoms with Gasteiger partial charge in [0.1, 0.15) is 12.4 Å². The normalized spacial score (nSPS) is 10.7. The van der Waals surface area contributed by atoms with E-state index in [0.29, 0.717) is 18.7 Å². The summed E-state index contributed by atoms with van der Waals surface area (Å²) >= 11 is 0. The van der Waals surface area contributed by atoms with Crippen LogP contribution in [0, 0.1) is 13.8 Å². The first-order valence-electron chi connectivity index (χ1n) is 9.71. The SMILES string of the molecule is CCCc1c(C)nn(-c2ccc(C(=O)NCCOc3ccccc3)cc2)c1C. The molecule has 5 heteroatoms. The van der Waals surface area contributed by atoms with Gasteiger partial charge in [0.2, 0.25) is 0 Å². The third kappa shape index (κ3) is 4.60. The Labute approximate surface area is 166 Å². The topological polar surface area (TPSA) is 56.2 Å². The summed E-state index contributed by atoms with van der Waals surface area (Å²) in [5.74, 6) is 0.691. The summed E-state index contributed by atoms with van der Waals surface area (Å²) in [5.41, 5.74) is 5.13. The standard InChI is InChI=1S/C23H27N3O2/c1-4-8-22-17(2)25-26(18(22)3)20-13-11-19(12-14-20)23(27)24-15-16-28-21-9-6-5-7-10-21/h5-7,9-14H,4,8,15-16H2,1-3H3,(H,24,27). The molecular formula is C23H27N3O2. The van der Waals surface area contributed by atoms with E-state index in [1.54, 1.807) is 0 Å². The summed E-state index contributed by atoms with van der Waals surface area (Å²) in [6, 6.07) is 17.1. The van der Waals surface area contributed by atoms with Crippen LogP contribution >= 0.6 is 0 Å². The molecular weight excluding hydrogens is 350 g/mol. The molecule has 0 atom stereocenters. The van der Waals surface area contributed by atoms with Crippen molar-refractivity contribution in [1.82, 2.24) is 15.1 Å². The van der Waals surface area contributed by atoms with Crippen molar-refractivity contribution in [2.24, 2.45) is 0 Å². The molecule has 0 aliphatic rings. The van der Waals surface area contributed by atoms with E-state index in [1.165, 1.54) is 5.56 Å². The maximum atomic E-state index is 12.3. The van der Waals surface area contributed by atoms with Gasteiger partial charge in [0.05, 0.1) is 17.9 Å². The number of rotatable bonds is 8. The highest BCUT2D eigenvalue weighted by Gasteiger charge is 2.12. The van der Waals surface area contributed by atoms with E-state index >= 15 is 0 Å². The first-order valence-corrected chi connectivity index (χ1v) is 9.71. The minimum absolute atomic E-state index is 0.108. The van der Waals surface area contributed by atoms with Crippen LogP contribution in [0.5, 0.6) is 5.75 Å². The molecule has 1 heterocycles. The van der Waals surface area contributed by atoms with E-state index < -0.39 is 0 Å². The van der Waals surface area contributed by atoms with Crippen molar-refractivity contribution < 1.29 is 9.53 Å². The third-order valence-corrected chi connectivity index (χ3v) is 4.71. The van der Waals surface area contributed by atoms with Gasteiger partial charge in [-0.3, -0.25) is 4.79 Å². The largest absolute Gasteiger partial charge is 0.492 e. The van der Waals surface area contributed by atoms with Gasteiger partial charge in [-0.1, -0.05) is 31.5 Å². The number of carbonyl (C=O) groups excluding carboxylic acids is 1. The monoisotopic (exact) mass is 377 g/mol. The minimum atomic E-state index is -0.108. The fourth-order valence-electron chi connectivity index (χ4n) is 3.24. The summed E-state index contributed by atoms with van der Waals surface area (Å²) in [6.07, 6.45) is 2.13. The average molecular weight is 377 g/mol. The summed E-state index contributed by atoms with van der Waals surface area (Å²) in [7, 11) is 0. The van der Waals surface area contributed by atoms with E-state index in [-0.39, 0.29) is 5.91 Å². The number of amides is 1. The Morgan fingerprint density at radius 1 is 1.07 bits per heavy atom. The van der Waals surface area contributed by atoms with Crippen molar-refractivity contribution in [2.75, 3.05) is 13.2 Å². The van der Waals surface area contributed by atoms with Crippen molar-refractivity contribution >= 4 is 5.91 Å². The molecule has 5 nitrogen and oxygen atoms in total. The summed E-state index contributed by atoms with van der Waals surface area (Å²) in [5, 5.41) is 7.55. The van der Waals surface area contributed by atoms with Gasteiger partial charge in [0, 0.05) is 11.3 Å². The maximum absolute atomic E-state index is 12.3. The molecule has 146 valence electrons. The highest BCUT2D eigenvalue weighted by Crippen LogP contribution is 2.19. The van der Waals surface area contributed by atoms with Gasteiger partial charge in [-0.2, -0.15) is 5.10 Å². The van der Waals surface area contributed by atoms with Crippen molar-refractivity contribution in [3.8, 4) is 11.4 Å². The highest BCUT2D eigenvalue weighted by atomic mass is 16.5. The Bertz CT molecular complexity index is 915. The fourth-order valence-corrected chi connectivity index (χ4v) is 3.24. The van der Waals surface area contributed by atoms with Crippen LogP contribution in [0.3, 0.4) is 0 Å². The Balaban J connectivity index is 1.58. The van der Waals surface area contributed by atoms with E-state index in [4.69, 9.17) is 4.74 Å². The number of aromatic nitrogens is 2. The van der Waals surface area contributed by atoms with Gasteiger partial charge in [0.15, 0.2) is 0 Å². The van der Waals surface area contributed by atoms with Crippen molar-refractivity contribution in [2.45, 2.75) is 33.6 Å². The Kier molecular flexibility index (Phi) is 6.48. The predicted octanol–water partition coefficient (Wildman–Crippen LogP) is 4.25. The number of nitrogens with zero attached hydrogens (tertiary/aromatic N) is 2. The predicted molar refractivity (Wildman–Crippen MR) is 111 cm³/mol. The molecule has 1 aromatic heterocycles. The second-order valence-corrected chi connectivity index (χ2v) is 6.78. The second kappa shape index (κ2) is 9.22.